The van der Waals surface area contributed by atoms with Crippen LogP contribution in [-0.2, 0) is 0 Å². The summed E-state index contributed by atoms with van der Waals surface area (Å²) in [6, 6.07) is 2.20. The van der Waals surface area contributed by atoms with Gasteiger partial charge in [0.05, 0.1) is 10.3 Å². The van der Waals surface area contributed by atoms with Gasteiger partial charge in [0.15, 0.2) is 11.6 Å². The van der Waals surface area contributed by atoms with Crippen molar-refractivity contribution in [1.29, 1.82) is 0 Å². The zero-order valence-corrected chi connectivity index (χ0v) is 7.57. The lowest BCUT2D eigenvalue weighted by Crippen LogP contribution is -1.94. The molecule has 0 saturated heterocycles. The second-order valence-electron chi connectivity index (χ2n) is 2.69. The van der Waals surface area contributed by atoms with Crippen molar-refractivity contribution in [1.82, 2.24) is 0 Å². The molecule has 0 spiro atoms. The quantitative estimate of drug-likeness (QED) is 0.792. The third-order valence-electron chi connectivity index (χ3n) is 1.87. The summed E-state index contributed by atoms with van der Waals surface area (Å²) in [6.07, 6.45) is 0. The molecule has 0 radical (unpaired) electrons. The summed E-state index contributed by atoms with van der Waals surface area (Å²) in [4.78, 5) is 10.7. The fourth-order valence-corrected chi connectivity index (χ4v) is 2.18. The summed E-state index contributed by atoms with van der Waals surface area (Å²) in [5.74, 6) is -3.08. The lowest BCUT2D eigenvalue weighted by Gasteiger charge is -1.94. The molecular weight excluding hydrogens is 210 g/mol. The van der Waals surface area contributed by atoms with Gasteiger partial charge < -0.3 is 5.11 Å². The Labute approximate surface area is 81.4 Å². The van der Waals surface area contributed by atoms with E-state index in [4.69, 9.17) is 5.11 Å². The Kier molecular flexibility index (Phi) is 1.96. The van der Waals surface area contributed by atoms with Crippen molar-refractivity contribution in [3.63, 3.8) is 0 Å². The molecule has 2 aromatic rings. The Morgan fingerprint density at radius 3 is 2.71 bits per heavy atom. The Balaban J connectivity index is 2.83. The van der Waals surface area contributed by atoms with Crippen LogP contribution in [0.2, 0.25) is 0 Å². The van der Waals surface area contributed by atoms with E-state index in [-0.39, 0.29) is 15.6 Å². The maximum Gasteiger partial charge on any atom is 0.337 e. The van der Waals surface area contributed by atoms with Crippen LogP contribution < -0.4 is 0 Å². The molecule has 0 saturated carbocycles. The molecule has 0 unspecified atom stereocenters. The number of benzene rings is 1. The van der Waals surface area contributed by atoms with E-state index in [9.17, 15) is 13.6 Å². The van der Waals surface area contributed by atoms with E-state index in [1.165, 1.54) is 11.4 Å². The zero-order valence-electron chi connectivity index (χ0n) is 6.75. The average molecular weight is 214 g/mol. The van der Waals surface area contributed by atoms with Crippen LogP contribution in [0.15, 0.2) is 17.5 Å². The normalized spacial score (nSPS) is 10.7. The van der Waals surface area contributed by atoms with Gasteiger partial charge in [0, 0.05) is 10.8 Å². The van der Waals surface area contributed by atoms with Crippen molar-refractivity contribution in [3.05, 3.63) is 34.7 Å². The number of hydrogen-bond acceptors (Lipinski definition) is 2. The van der Waals surface area contributed by atoms with Gasteiger partial charge in [0.25, 0.3) is 0 Å². The maximum atomic E-state index is 13.1. The fourth-order valence-electron chi connectivity index (χ4n) is 1.21. The molecule has 0 aliphatic heterocycles. The summed E-state index contributed by atoms with van der Waals surface area (Å²) in [5, 5.41) is 10.3. The number of halogens is 2. The maximum absolute atomic E-state index is 13.1. The van der Waals surface area contributed by atoms with Gasteiger partial charge in [-0.05, 0) is 12.1 Å². The molecule has 0 aliphatic rings. The number of rotatable bonds is 1. The molecule has 0 atom stereocenters. The van der Waals surface area contributed by atoms with E-state index in [0.29, 0.717) is 0 Å². The molecule has 72 valence electrons. The number of fused-ring (bicyclic) bond motifs is 1. The SMILES string of the molecule is O=C(O)c1csc2c(F)c(F)ccc12. The highest BCUT2D eigenvalue weighted by molar-refractivity contribution is 7.17. The molecule has 1 aromatic heterocycles. The predicted octanol–water partition coefficient (Wildman–Crippen LogP) is 2.88. The molecule has 0 fully saturated rings. The molecule has 14 heavy (non-hydrogen) atoms. The second kappa shape index (κ2) is 3.02. The highest BCUT2D eigenvalue weighted by Gasteiger charge is 2.15. The van der Waals surface area contributed by atoms with Crippen LogP contribution >= 0.6 is 11.3 Å². The van der Waals surface area contributed by atoms with Gasteiger partial charge >= 0.3 is 5.97 Å². The van der Waals surface area contributed by atoms with Crippen molar-refractivity contribution in [2.45, 2.75) is 0 Å². The van der Waals surface area contributed by atoms with Crippen LogP contribution in [0, 0.1) is 11.6 Å². The Morgan fingerprint density at radius 1 is 1.36 bits per heavy atom. The molecule has 1 aromatic carbocycles. The minimum Gasteiger partial charge on any atom is -0.478 e. The van der Waals surface area contributed by atoms with Crippen LogP contribution in [0.4, 0.5) is 8.78 Å². The van der Waals surface area contributed by atoms with Gasteiger partial charge in [0.2, 0.25) is 0 Å². The van der Waals surface area contributed by atoms with Gasteiger partial charge in [-0.1, -0.05) is 0 Å². The molecule has 2 rings (SSSR count). The van der Waals surface area contributed by atoms with E-state index >= 15 is 0 Å². The van der Waals surface area contributed by atoms with Gasteiger partial charge in [-0.25, -0.2) is 13.6 Å². The first-order valence-electron chi connectivity index (χ1n) is 3.69. The van der Waals surface area contributed by atoms with E-state index in [2.05, 4.69) is 0 Å². The second-order valence-corrected chi connectivity index (χ2v) is 3.57. The molecule has 0 aliphatic carbocycles. The first-order chi connectivity index (χ1) is 6.61. The third-order valence-corrected chi connectivity index (χ3v) is 2.85. The Bertz CT molecular complexity index is 519. The standard InChI is InChI=1S/C9H4F2O2S/c10-6-2-1-4-5(9(12)13)3-14-8(4)7(6)11/h1-3H,(H,12,13). The van der Waals surface area contributed by atoms with Gasteiger partial charge in [-0.2, -0.15) is 0 Å². The predicted molar refractivity (Wildman–Crippen MR) is 48.7 cm³/mol. The third kappa shape index (κ3) is 1.17. The smallest absolute Gasteiger partial charge is 0.337 e. The van der Waals surface area contributed by atoms with Crippen LogP contribution in [0.25, 0.3) is 10.1 Å². The summed E-state index contributed by atoms with van der Waals surface area (Å²) in [5.41, 5.74) is 0.00361. The monoisotopic (exact) mass is 214 g/mol. The molecule has 0 amide bonds. The molecular formula is C9H4F2O2S. The highest BCUT2D eigenvalue weighted by Crippen LogP contribution is 2.29. The molecule has 5 heteroatoms. The van der Waals surface area contributed by atoms with Gasteiger partial charge in [0.1, 0.15) is 0 Å². The fraction of sp³-hybridized carbons (Fsp3) is 0. The summed E-state index contributed by atoms with van der Waals surface area (Å²) < 4.78 is 25.9. The van der Waals surface area contributed by atoms with E-state index < -0.39 is 17.6 Å². The van der Waals surface area contributed by atoms with Crippen molar-refractivity contribution < 1.29 is 18.7 Å². The zero-order chi connectivity index (χ0) is 10.3. The van der Waals surface area contributed by atoms with Crippen molar-refractivity contribution in [2.75, 3.05) is 0 Å². The largest absolute Gasteiger partial charge is 0.478 e. The van der Waals surface area contributed by atoms with Crippen LogP contribution in [0.3, 0.4) is 0 Å². The molecule has 2 nitrogen and oxygen atoms in total. The lowest BCUT2D eigenvalue weighted by molar-refractivity contribution is 0.0699. The van der Waals surface area contributed by atoms with E-state index in [1.807, 2.05) is 0 Å². The van der Waals surface area contributed by atoms with Crippen LogP contribution in [0.1, 0.15) is 10.4 Å². The van der Waals surface area contributed by atoms with E-state index in [0.717, 1.165) is 17.4 Å². The number of carboxylic acids is 1. The van der Waals surface area contributed by atoms with Crippen molar-refractivity contribution in [3.8, 4) is 0 Å². The molecule has 1 heterocycles. The van der Waals surface area contributed by atoms with E-state index in [1.54, 1.807) is 0 Å². The van der Waals surface area contributed by atoms with Gasteiger partial charge in [-0.3, -0.25) is 0 Å². The molecule has 1 N–H and O–H groups in total. The summed E-state index contributed by atoms with van der Waals surface area (Å²) in [7, 11) is 0. The highest BCUT2D eigenvalue weighted by atomic mass is 32.1. The first kappa shape index (κ1) is 9.08. The van der Waals surface area contributed by atoms with Crippen molar-refractivity contribution in [2.24, 2.45) is 0 Å². The summed E-state index contributed by atoms with van der Waals surface area (Å²) >= 11 is 0.887. The number of thiophene rings is 1. The van der Waals surface area contributed by atoms with Gasteiger partial charge in [-0.15, -0.1) is 11.3 Å². The minimum atomic E-state index is -1.14. The minimum absolute atomic E-state index is 0.00361. The van der Waals surface area contributed by atoms with Crippen LogP contribution in [-0.4, -0.2) is 11.1 Å². The molecule has 0 bridgehead atoms. The number of hydrogen-bond donors (Lipinski definition) is 1. The first-order valence-corrected chi connectivity index (χ1v) is 4.57. The number of carboxylic acid groups (broad SMARTS) is 1. The number of aromatic carboxylic acids is 1. The average Bonchev–Trinajstić information content (AvgIpc) is 2.55. The van der Waals surface area contributed by atoms with Crippen molar-refractivity contribution >= 4 is 27.4 Å². The topological polar surface area (TPSA) is 37.3 Å². The Morgan fingerprint density at radius 2 is 2.07 bits per heavy atom. The summed E-state index contributed by atoms with van der Waals surface area (Å²) in [6.45, 7) is 0. The van der Waals surface area contributed by atoms with Crippen LogP contribution in [0.5, 0.6) is 0 Å². The Hall–Kier alpha value is -1.49. The number of carbonyl (C=O) groups is 1. The lowest BCUT2D eigenvalue weighted by atomic mass is 10.2.